The predicted molar refractivity (Wildman–Crippen MR) is 224 cm³/mol. The number of amides is 1. The molecular weight excluding hydrogens is 786 g/mol. The molecule has 5 atom stereocenters. The molecule has 1 aliphatic carbocycles. The number of benzene rings is 4. The summed E-state index contributed by atoms with van der Waals surface area (Å²) in [7, 11) is -5.80. The number of methoxy groups -OCH3 is 1. The van der Waals surface area contributed by atoms with Crippen LogP contribution in [0.1, 0.15) is 70.0 Å². The Morgan fingerprint density at radius 1 is 0.857 bits per heavy atom. The molecular formula is C44H51Cl2NO7SSi. The van der Waals surface area contributed by atoms with Crippen LogP contribution in [0.5, 0.6) is 0 Å². The van der Waals surface area contributed by atoms with Crippen LogP contribution in [0.3, 0.4) is 0 Å². The molecule has 1 saturated heterocycles. The summed E-state index contributed by atoms with van der Waals surface area (Å²) in [5, 5.41) is 3.02. The lowest BCUT2D eigenvalue weighted by Gasteiger charge is -2.54. The standard InChI is InChI=1S/C44H51Cl2NO7SSi/c1-43(2,3)56(35-16-9-7-10-17-35,36-18-11-8-12-19-36)54-29-39(30-20-21-30)47-40(31-22-24-33(45)25-23-31)37(32-14-13-15-34(46)26-32)27-44(4,42(47)49)38(41(48)52-5)28-53-55(6,50)51/h7-19,22-26,30,37-40H,20-21,27-29H2,1-6H3/t37-,38?,39-,40-,44+/m1/s1. The molecule has 0 aromatic heterocycles. The zero-order valence-electron chi connectivity index (χ0n) is 32.8. The summed E-state index contributed by atoms with van der Waals surface area (Å²) in [5.74, 6) is -2.56. The molecule has 1 unspecified atom stereocenters. The molecule has 1 aliphatic heterocycles. The quantitative estimate of drug-likeness (QED) is 0.0718. The van der Waals surface area contributed by atoms with Crippen LogP contribution in [0.2, 0.25) is 15.1 Å². The highest BCUT2D eigenvalue weighted by Crippen LogP contribution is 2.56. The molecule has 6 rings (SSSR count). The normalized spacial score (nSPS) is 21.7. The Kier molecular flexibility index (Phi) is 12.6. The number of nitrogens with zero attached hydrogens (tertiary/aromatic N) is 1. The lowest BCUT2D eigenvalue weighted by atomic mass is 9.63. The monoisotopic (exact) mass is 835 g/mol. The summed E-state index contributed by atoms with van der Waals surface area (Å²) >= 11 is 13.1. The van der Waals surface area contributed by atoms with Gasteiger partial charge in [0.05, 0.1) is 50.0 Å². The molecule has 1 amide bonds. The maximum Gasteiger partial charge on any atom is 0.312 e. The minimum absolute atomic E-state index is 0.109. The van der Waals surface area contributed by atoms with Crippen LogP contribution in [-0.4, -0.2) is 66.1 Å². The number of hydrogen-bond acceptors (Lipinski definition) is 7. The van der Waals surface area contributed by atoms with Gasteiger partial charge in [0.15, 0.2) is 0 Å². The predicted octanol–water partition coefficient (Wildman–Crippen LogP) is 8.18. The van der Waals surface area contributed by atoms with Crippen molar-refractivity contribution in [1.29, 1.82) is 0 Å². The van der Waals surface area contributed by atoms with Crippen molar-refractivity contribution in [2.75, 3.05) is 26.6 Å². The number of ether oxygens (including phenoxy) is 1. The molecule has 8 nitrogen and oxygen atoms in total. The summed E-state index contributed by atoms with van der Waals surface area (Å²) in [4.78, 5) is 31.5. The van der Waals surface area contributed by atoms with Crippen LogP contribution in [-0.2, 0) is 33.1 Å². The van der Waals surface area contributed by atoms with Crippen LogP contribution >= 0.6 is 23.2 Å². The van der Waals surface area contributed by atoms with Gasteiger partial charge in [-0.15, -0.1) is 0 Å². The van der Waals surface area contributed by atoms with Crippen molar-refractivity contribution in [2.24, 2.45) is 17.3 Å². The number of hydrogen-bond donors (Lipinski definition) is 0. The van der Waals surface area contributed by atoms with E-state index in [0.29, 0.717) is 10.0 Å². The molecule has 0 radical (unpaired) electrons. The van der Waals surface area contributed by atoms with Gasteiger partial charge in [-0.3, -0.25) is 13.8 Å². The van der Waals surface area contributed by atoms with E-state index in [1.807, 2.05) is 83.8 Å². The summed E-state index contributed by atoms with van der Waals surface area (Å²) in [6.07, 6.45) is 2.88. The van der Waals surface area contributed by atoms with Gasteiger partial charge in [-0.25, -0.2) is 0 Å². The maximum atomic E-state index is 15.8. The number of carbonyl (C=O) groups excluding carboxylic acids is 2. The van der Waals surface area contributed by atoms with E-state index >= 15 is 4.79 Å². The summed E-state index contributed by atoms with van der Waals surface area (Å²) < 4.78 is 42.9. The van der Waals surface area contributed by atoms with Crippen LogP contribution in [0, 0.1) is 17.3 Å². The highest BCUT2D eigenvalue weighted by molar-refractivity contribution is 7.86. The van der Waals surface area contributed by atoms with E-state index in [0.717, 1.165) is 40.6 Å². The Hall–Kier alpha value is -3.51. The van der Waals surface area contributed by atoms with E-state index in [1.165, 1.54) is 7.11 Å². The fraction of sp³-hybridized carbons (Fsp3) is 0.409. The number of esters is 1. The summed E-state index contributed by atoms with van der Waals surface area (Å²) in [5.41, 5.74) is 0.280. The van der Waals surface area contributed by atoms with E-state index < -0.39 is 60.3 Å². The van der Waals surface area contributed by atoms with Crippen molar-refractivity contribution in [2.45, 2.75) is 70.0 Å². The summed E-state index contributed by atoms with van der Waals surface area (Å²) in [6.45, 7) is 8.09. The van der Waals surface area contributed by atoms with Crippen molar-refractivity contribution >= 4 is 63.9 Å². The van der Waals surface area contributed by atoms with Crippen molar-refractivity contribution < 1.29 is 31.4 Å². The molecule has 298 valence electrons. The van der Waals surface area contributed by atoms with Gasteiger partial charge in [-0.1, -0.05) is 129 Å². The zero-order valence-corrected chi connectivity index (χ0v) is 36.1. The summed E-state index contributed by atoms with van der Waals surface area (Å²) in [6, 6.07) is 35.0. The number of rotatable bonds is 14. The maximum absolute atomic E-state index is 15.8. The second kappa shape index (κ2) is 16.8. The van der Waals surface area contributed by atoms with Crippen molar-refractivity contribution in [3.05, 3.63) is 130 Å². The number of halogens is 2. The van der Waals surface area contributed by atoms with Crippen LogP contribution in [0.4, 0.5) is 0 Å². The van der Waals surface area contributed by atoms with Gasteiger partial charge in [-0.05, 0) is 82.9 Å². The number of likely N-dealkylation sites (tertiary alicyclic amines) is 1. The SMILES string of the molecule is COC(=O)C(COS(C)(=O)=O)[C@]1(C)C[C@H](c2cccc(Cl)c2)[C@@H](c2ccc(Cl)cc2)N([C@H](CO[Si](c2ccccc2)(c2ccccc2)C(C)(C)C)C2CC2)C1=O. The zero-order chi connectivity index (χ0) is 40.5. The molecule has 1 heterocycles. The lowest BCUT2D eigenvalue weighted by molar-refractivity contribution is -0.172. The third-order valence-electron chi connectivity index (χ3n) is 11.7. The Morgan fingerprint density at radius 3 is 1.95 bits per heavy atom. The van der Waals surface area contributed by atoms with Crippen molar-refractivity contribution in [3.8, 4) is 0 Å². The Morgan fingerprint density at radius 2 is 1.45 bits per heavy atom. The van der Waals surface area contributed by atoms with E-state index in [2.05, 4.69) is 45.0 Å². The second-order valence-corrected chi connectivity index (χ2v) is 23.3. The topological polar surface area (TPSA) is 99.2 Å². The highest BCUT2D eigenvalue weighted by Gasteiger charge is 2.59. The molecule has 2 aliphatic rings. The third kappa shape index (κ3) is 8.66. The van der Waals surface area contributed by atoms with Crippen molar-refractivity contribution in [1.82, 2.24) is 4.90 Å². The molecule has 12 heteroatoms. The Bertz CT molecular complexity index is 2070. The molecule has 0 bridgehead atoms. The minimum Gasteiger partial charge on any atom is -0.469 e. The minimum atomic E-state index is -3.98. The van der Waals surface area contributed by atoms with Gasteiger partial charge in [0, 0.05) is 16.0 Å². The van der Waals surface area contributed by atoms with E-state index in [1.54, 1.807) is 13.0 Å². The first-order chi connectivity index (χ1) is 26.5. The smallest absolute Gasteiger partial charge is 0.312 e. The van der Waals surface area contributed by atoms with E-state index in [4.69, 9.17) is 36.5 Å². The molecule has 0 N–H and O–H groups in total. The lowest BCUT2D eigenvalue weighted by Crippen LogP contribution is -2.68. The number of piperidine rings is 1. The molecule has 4 aromatic rings. The van der Waals surface area contributed by atoms with Gasteiger partial charge in [0.1, 0.15) is 0 Å². The van der Waals surface area contributed by atoms with E-state index in [-0.39, 0.29) is 29.9 Å². The molecule has 56 heavy (non-hydrogen) atoms. The van der Waals surface area contributed by atoms with Gasteiger partial charge >= 0.3 is 5.97 Å². The largest absolute Gasteiger partial charge is 0.469 e. The molecule has 1 saturated carbocycles. The average molecular weight is 837 g/mol. The second-order valence-electron chi connectivity index (χ2n) is 16.4. The van der Waals surface area contributed by atoms with Crippen LogP contribution in [0.15, 0.2) is 109 Å². The van der Waals surface area contributed by atoms with Crippen LogP contribution in [0.25, 0.3) is 0 Å². The Labute approximate surface area is 342 Å². The molecule has 4 aromatic carbocycles. The molecule has 0 spiro atoms. The fourth-order valence-corrected chi connectivity index (χ4v) is 14.0. The van der Waals surface area contributed by atoms with Crippen molar-refractivity contribution in [3.63, 3.8) is 0 Å². The first-order valence-corrected chi connectivity index (χ1v) is 23.5. The van der Waals surface area contributed by atoms with Gasteiger partial charge in [0.2, 0.25) is 5.91 Å². The fourth-order valence-electron chi connectivity index (χ4n) is 8.75. The third-order valence-corrected chi connectivity index (χ3v) is 17.7. The Balaban J connectivity index is 1.56. The van der Waals surface area contributed by atoms with Gasteiger partial charge in [0.25, 0.3) is 18.4 Å². The van der Waals surface area contributed by atoms with E-state index in [9.17, 15) is 13.2 Å². The highest BCUT2D eigenvalue weighted by atomic mass is 35.5. The van der Waals surface area contributed by atoms with Gasteiger partial charge < -0.3 is 14.1 Å². The first kappa shape index (κ1) is 42.1. The van der Waals surface area contributed by atoms with Crippen LogP contribution < -0.4 is 10.4 Å². The average Bonchev–Trinajstić information content (AvgIpc) is 4.01. The first-order valence-electron chi connectivity index (χ1n) is 19.0. The molecule has 2 fully saturated rings. The van der Waals surface area contributed by atoms with Gasteiger partial charge in [-0.2, -0.15) is 8.42 Å². The number of carbonyl (C=O) groups is 2.